The van der Waals surface area contributed by atoms with Gasteiger partial charge in [-0.25, -0.2) is 14.2 Å². The number of ether oxygens (including phenoxy) is 1. The minimum absolute atomic E-state index is 0.0925. The summed E-state index contributed by atoms with van der Waals surface area (Å²) in [7, 11) is 1.29. The van der Waals surface area contributed by atoms with Crippen molar-refractivity contribution in [2.24, 2.45) is 0 Å². The van der Waals surface area contributed by atoms with Crippen LogP contribution in [0.25, 0.3) is 32.6 Å². The molecule has 0 spiro atoms. The van der Waals surface area contributed by atoms with Crippen molar-refractivity contribution in [2.45, 2.75) is 13.5 Å². The lowest BCUT2D eigenvalue weighted by Crippen LogP contribution is -2.28. The van der Waals surface area contributed by atoms with Gasteiger partial charge < -0.3 is 10.1 Å². The van der Waals surface area contributed by atoms with E-state index >= 15 is 4.39 Å². The second kappa shape index (κ2) is 9.10. The number of thiazole rings is 1. The molecule has 4 rings (SSSR count). The molecule has 0 unspecified atom stereocenters. The average molecular weight is 454 g/mol. The van der Waals surface area contributed by atoms with Gasteiger partial charge in [0.05, 0.1) is 23.7 Å². The molecule has 2 amide bonds. The molecule has 0 bridgehead atoms. The lowest BCUT2D eigenvalue weighted by atomic mass is 10.0. The highest BCUT2D eigenvalue weighted by Crippen LogP contribution is 2.40. The summed E-state index contributed by atoms with van der Waals surface area (Å²) >= 11 is 1.16. The summed E-state index contributed by atoms with van der Waals surface area (Å²) in [5.74, 6) is -1.03. The summed E-state index contributed by atoms with van der Waals surface area (Å²) in [6.45, 7) is 2.15. The second-order valence-corrected chi connectivity index (χ2v) is 7.68. The fourth-order valence-corrected chi connectivity index (χ4v) is 4.10. The number of urea groups is 1. The van der Waals surface area contributed by atoms with E-state index in [-0.39, 0.29) is 22.8 Å². The number of pyridine rings is 1. The Morgan fingerprint density at radius 2 is 2.12 bits per heavy atom. The van der Waals surface area contributed by atoms with Crippen LogP contribution < -0.4 is 10.6 Å². The van der Waals surface area contributed by atoms with Gasteiger partial charge in [-0.15, -0.1) is 0 Å². The molecule has 0 saturated carbocycles. The van der Waals surface area contributed by atoms with Gasteiger partial charge in [0.15, 0.2) is 10.9 Å². The number of carbonyl (C=O) groups excluding carboxylic acids is 2. The van der Waals surface area contributed by atoms with E-state index in [1.165, 1.54) is 18.0 Å². The van der Waals surface area contributed by atoms with Gasteiger partial charge in [0.1, 0.15) is 12.1 Å². The third-order valence-corrected chi connectivity index (χ3v) is 5.57. The Morgan fingerprint density at radius 3 is 2.84 bits per heavy atom. The molecule has 0 radical (unpaired) electrons. The topological polar surface area (TPSA) is 111 Å². The number of aromatic nitrogens is 4. The largest absolute Gasteiger partial charge is 0.468 e. The van der Waals surface area contributed by atoms with Crippen molar-refractivity contribution in [3.8, 4) is 22.4 Å². The predicted molar refractivity (Wildman–Crippen MR) is 119 cm³/mol. The Morgan fingerprint density at radius 1 is 1.28 bits per heavy atom. The standard InChI is InChI=1S/C21H19FN6O3S/c1-3-23-20(30)27-21-26-18-17(22)13(12-9-25-28(10-12)11-16(29)31-2)8-14(19(18)32-21)15-6-4-5-7-24-15/h4-10H,3,11H2,1-2H3,(H2,23,26,27,30). The number of nitrogens with zero attached hydrogens (tertiary/aromatic N) is 4. The van der Waals surface area contributed by atoms with Gasteiger partial charge in [-0.2, -0.15) is 5.10 Å². The number of benzene rings is 1. The van der Waals surface area contributed by atoms with Gasteiger partial charge >= 0.3 is 12.0 Å². The van der Waals surface area contributed by atoms with Crippen LogP contribution in [-0.4, -0.2) is 45.4 Å². The first kappa shape index (κ1) is 21.4. The highest BCUT2D eigenvalue weighted by molar-refractivity contribution is 7.22. The van der Waals surface area contributed by atoms with E-state index in [0.29, 0.717) is 28.1 Å². The molecule has 0 aliphatic rings. The molecule has 0 aliphatic carbocycles. The molecule has 0 fully saturated rings. The molecular formula is C21H19FN6O3S. The number of fused-ring (bicyclic) bond motifs is 1. The van der Waals surface area contributed by atoms with Gasteiger partial charge in [-0.3, -0.25) is 19.8 Å². The fraction of sp³-hybridized carbons (Fsp3) is 0.190. The zero-order chi connectivity index (χ0) is 22.7. The first-order valence-electron chi connectivity index (χ1n) is 9.69. The van der Waals surface area contributed by atoms with Crippen LogP contribution >= 0.6 is 11.3 Å². The van der Waals surface area contributed by atoms with Crippen molar-refractivity contribution in [1.29, 1.82) is 0 Å². The number of rotatable bonds is 6. The van der Waals surface area contributed by atoms with Crippen LogP contribution in [0.4, 0.5) is 14.3 Å². The summed E-state index contributed by atoms with van der Waals surface area (Å²) < 4.78 is 22.1. The van der Waals surface area contributed by atoms with Crippen LogP contribution in [0.2, 0.25) is 0 Å². The number of carbonyl (C=O) groups is 2. The third-order valence-electron chi connectivity index (χ3n) is 4.57. The smallest absolute Gasteiger partial charge is 0.327 e. The van der Waals surface area contributed by atoms with Crippen LogP contribution in [-0.2, 0) is 16.1 Å². The monoisotopic (exact) mass is 454 g/mol. The van der Waals surface area contributed by atoms with E-state index in [1.54, 1.807) is 31.5 Å². The summed E-state index contributed by atoms with van der Waals surface area (Å²) in [6, 6.07) is 6.69. The lowest BCUT2D eigenvalue weighted by molar-refractivity contribution is -0.141. The maximum absolute atomic E-state index is 15.6. The zero-order valence-corrected chi connectivity index (χ0v) is 18.1. The molecule has 0 saturated heterocycles. The Labute approximate surface area is 186 Å². The van der Waals surface area contributed by atoms with E-state index in [4.69, 9.17) is 0 Å². The maximum Gasteiger partial charge on any atom is 0.327 e. The van der Waals surface area contributed by atoms with Crippen molar-refractivity contribution in [3.05, 3.63) is 48.7 Å². The quantitative estimate of drug-likeness (QED) is 0.430. The Hall–Kier alpha value is -3.86. The predicted octanol–water partition coefficient (Wildman–Crippen LogP) is 3.68. The van der Waals surface area contributed by atoms with Crippen molar-refractivity contribution in [1.82, 2.24) is 25.1 Å². The normalized spacial score (nSPS) is 10.8. The number of methoxy groups -OCH3 is 1. The molecular weight excluding hydrogens is 435 g/mol. The minimum Gasteiger partial charge on any atom is -0.468 e. The molecule has 164 valence electrons. The second-order valence-electron chi connectivity index (χ2n) is 6.68. The molecule has 0 atom stereocenters. The lowest BCUT2D eigenvalue weighted by Gasteiger charge is -2.07. The number of hydrogen-bond donors (Lipinski definition) is 2. The van der Waals surface area contributed by atoms with Gasteiger partial charge in [-0.05, 0) is 25.1 Å². The van der Waals surface area contributed by atoms with Gasteiger partial charge in [0, 0.05) is 35.6 Å². The average Bonchev–Trinajstić information content (AvgIpc) is 3.42. The van der Waals surface area contributed by atoms with Gasteiger partial charge in [0.25, 0.3) is 0 Å². The Kier molecular flexibility index (Phi) is 6.08. The number of amides is 2. The van der Waals surface area contributed by atoms with Crippen LogP contribution in [0.3, 0.4) is 0 Å². The Bertz CT molecular complexity index is 1290. The summed E-state index contributed by atoms with van der Waals surface area (Å²) in [6.07, 6.45) is 4.67. The van der Waals surface area contributed by atoms with Gasteiger partial charge in [-0.1, -0.05) is 17.4 Å². The Balaban J connectivity index is 1.84. The number of anilines is 1. The van der Waals surface area contributed by atoms with Crippen LogP contribution in [0.1, 0.15) is 6.92 Å². The molecule has 0 aliphatic heterocycles. The van der Waals surface area contributed by atoms with E-state index < -0.39 is 17.8 Å². The summed E-state index contributed by atoms with van der Waals surface area (Å²) in [5.41, 5.74) is 2.13. The van der Waals surface area contributed by atoms with E-state index in [9.17, 15) is 9.59 Å². The number of halogens is 1. The highest BCUT2D eigenvalue weighted by atomic mass is 32.1. The number of hydrogen-bond acceptors (Lipinski definition) is 7. The number of esters is 1. The van der Waals surface area contributed by atoms with Crippen molar-refractivity contribution >= 4 is 38.7 Å². The van der Waals surface area contributed by atoms with E-state index in [0.717, 1.165) is 11.3 Å². The molecule has 4 aromatic rings. The third kappa shape index (κ3) is 4.28. The summed E-state index contributed by atoms with van der Waals surface area (Å²) in [4.78, 5) is 32.2. The molecule has 1 aromatic carbocycles. The first-order chi connectivity index (χ1) is 15.5. The van der Waals surface area contributed by atoms with Crippen LogP contribution in [0, 0.1) is 5.82 Å². The first-order valence-corrected chi connectivity index (χ1v) is 10.5. The molecule has 2 N–H and O–H groups in total. The number of nitrogens with one attached hydrogen (secondary N) is 2. The van der Waals surface area contributed by atoms with E-state index in [2.05, 4.69) is 30.4 Å². The molecule has 3 aromatic heterocycles. The van der Waals surface area contributed by atoms with Crippen molar-refractivity contribution in [3.63, 3.8) is 0 Å². The molecule has 9 nitrogen and oxygen atoms in total. The maximum atomic E-state index is 15.6. The zero-order valence-electron chi connectivity index (χ0n) is 17.3. The highest BCUT2D eigenvalue weighted by Gasteiger charge is 2.21. The van der Waals surface area contributed by atoms with E-state index in [1.807, 2.05) is 12.1 Å². The molecule has 3 heterocycles. The van der Waals surface area contributed by atoms with Gasteiger partial charge in [0.2, 0.25) is 0 Å². The summed E-state index contributed by atoms with van der Waals surface area (Å²) in [5, 5.41) is 9.64. The minimum atomic E-state index is -0.558. The SMILES string of the molecule is CCNC(=O)Nc1nc2c(F)c(-c3cnn(CC(=O)OC)c3)cc(-c3ccccn3)c2s1. The van der Waals surface area contributed by atoms with Crippen LogP contribution in [0.15, 0.2) is 42.9 Å². The van der Waals surface area contributed by atoms with Crippen LogP contribution in [0.5, 0.6) is 0 Å². The molecule has 32 heavy (non-hydrogen) atoms. The van der Waals surface area contributed by atoms with Crippen molar-refractivity contribution < 1.29 is 18.7 Å². The fourth-order valence-electron chi connectivity index (χ4n) is 3.12. The molecule has 11 heteroatoms. The van der Waals surface area contributed by atoms with Crippen molar-refractivity contribution in [2.75, 3.05) is 19.0 Å².